The molecule has 92 valence electrons. The third-order valence-electron chi connectivity index (χ3n) is 2.17. The summed E-state index contributed by atoms with van der Waals surface area (Å²) in [5.41, 5.74) is 0. The van der Waals surface area contributed by atoms with E-state index in [0.29, 0.717) is 6.42 Å². The van der Waals surface area contributed by atoms with Gasteiger partial charge in [0, 0.05) is 33.0 Å². The van der Waals surface area contributed by atoms with Crippen LogP contribution >= 0.6 is 7.60 Å². The number of ketones is 1. The molecule has 0 heterocycles. The first kappa shape index (κ1) is 15.4. The Morgan fingerprint density at radius 2 is 1.88 bits per heavy atom. The monoisotopic (exact) mass is 246 g/mol. The van der Waals surface area contributed by atoms with Crippen molar-refractivity contribution in [3.8, 4) is 11.8 Å². The molecular weight excluding hydrogens is 227 g/mol. The van der Waals surface area contributed by atoms with Gasteiger partial charge in [-0.15, -0.1) is 11.8 Å². The normalized spacial score (nSPS) is 12.8. The highest BCUT2D eigenvalue weighted by Gasteiger charge is 2.27. The molecule has 1 unspecified atom stereocenters. The van der Waals surface area contributed by atoms with Crippen molar-refractivity contribution in [1.29, 1.82) is 0 Å². The van der Waals surface area contributed by atoms with Gasteiger partial charge in [-0.25, -0.2) is 0 Å². The molecular formula is C11H19O4P. The summed E-state index contributed by atoms with van der Waals surface area (Å²) in [5, 5.41) is 0. The fraction of sp³-hybridized carbons (Fsp3) is 0.727. The highest BCUT2D eigenvalue weighted by Crippen LogP contribution is 2.46. The Morgan fingerprint density at radius 1 is 1.31 bits per heavy atom. The van der Waals surface area contributed by atoms with Crippen LogP contribution in [0.15, 0.2) is 0 Å². The zero-order valence-corrected chi connectivity index (χ0v) is 11.2. The first-order chi connectivity index (χ1) is 7.49. The van der Waals surface area contributed by atoms with Crippen LogP contribution < -0.4 is 0 Å². The molecule has 0 saturated heterocycles. The van der Waals surface area contributed by atoms with Gasteiger partial charge in [-0.2, -0.15) is 0 Å². The number of carbonyl (C=O) groups excluding carboxylic acids is 1. The predicted molar refractivity (Wildman–Crippen MR) is 63.3 cm³/mol. The lowest BCUT2D eigenvalue weighted by Crippen LogP contribution is -2.16. The fourth-order valence-electron chi connectivity index (χ4n) is 1.01. The quantitative estimate of drug-likeness (QED) is 0.533. The Morgan fingerprint density at radius 3 is 2.31 bits per heavy atom. The van der Waals surface area contributed by atoms with Gasteiger partial charge in [0.2, 0.25) is 0 Å². The zero-order valence-electron chi connectivity index (χ0n) is 10.3. The molecule has 0 rings (SSSR count). The zero-order chi connectivity index (χ0) is 12.6. The molecule has 0 radical (unpaired) electrons. The highest BCUT2D eigenvalue weighted by atomic mass is 31.2. The van der Waals surface area contributed by atoms with Crippen LogP contribution in [0.4, 0.5) is 0 Å². The lowest BCUT2D eigenvalue weighted by molar-refractivity contribution is -0.120. The molecule has 0 aromatic carbocycles. The Balaban J connectivity index is 4.30. The third kappa shape index (κ3) is 5.46. The predicted octanol–water partition coefficient (Wildman–Crippen LogP) is 2.48. The number of rotatable bonds is 6. The van der Waals surface area contributed by atoms with Gasteiger partial charge in [0.05, 0.1) is 0 Å². The summed E-state index contributed by atoms with van der Waals surface area (Å²) in [6.07, 6.45) is 1.07. The maximum Gasteiger partial charge on any atom is 0.337 e. The lowest BCUT2D eigenvalue weighted by atomic mass is 10.0. The van der Waals surface area contributed by atoms with Crippen molar-refractivity contribution in [3.63, 3.8) is 0 Å². The number of hydrogen-bond donors (Lipinski definition) is 0. The van der Waals surface area contributed by atoms with Crippen LogP contribution in [-0.4, -0.2) is 26.2 Å². The minimum absolute atomic E-state index is 0.141. The van der Waals surface area contributed by atoms with Crippen molar-refractivity contribution in [2.24, 2.45) is 5.92 Å². The Labute approximate surface area is 97.2 Å². The number of carbonyl (C=O) groups is 1. The molecule has 0 N–H and O–H groups in total. The molecule has 0 spiro atoms. The lowest BCUT2D eigenvalue weighted by Gasteiger charge is -2.14. The summed E-state index contributed by atoms with van der Waals surface area (Å²) in [6, 6.07) is 0. The number of Topliss-reactive ketones (excluding diaryl/α,β-unsaturated/α-hetero) is 1. The van der Waals surface area contributed by atoms with E-state index in [-0.39, 0.29) is 17.9 Å². The minimum Gasteiger partial charge on any atom is -0.312 e. The van der Waals surface area contributed by atoms with E-state index in [1.165, 1.54) is 14.2 Å². The summed E-state index contributed by atoms with van der Waals surface area (Å²) in [4.78, 5) is 11.7. The summed E-state index contributed by atoms with van der Waals surface area (Å²) in [5.74, 6) is 5.41. The van der Waals surface area contributed by atoms with E-state index in [2.05, 4.69) is 11.8 Å². The van der Waals surface area contributed by atoms with Gasteiger partial charge in [-0.1, -0.05) is 13.8 Å². The Bertz CT molecular complexity index is 319. The van der Waals surface area contributed by atoms with Gasteiger partial charge < -0.3 is 9.05 Å². The molecule has 0 aliphatic heterocycles. The molecule has 0 aromatic heterocycles. The fourth-order valence-corrected chi connectivity index (χ4v) is 2.12. The van der Waals surface area contributed by atoms with Crippen LogP contribution in [0.3, 0.4) is 0 Å². The summed E-state index contributed by atoms with van der Waals surface area (Å²) < 4.78 is 21.1. The maximum atomic E-state index is 11.7. The summed E-state index contributed by atoms with van der Waals surface area (Å²) >= 11 is 0. The largest absolute Gasteiger partial charge is 0.337 e. The van der Waals surface area contributed by atoms with Crippen LogP contribution in [0.1, 0.15) is 26.7 Å². The van der Waals surface area contributed by atoms with Gasteiger partial charge in [0.15, 0.2) is 0 Å². The van der Waals surface area contributed by atoms with Gasteiger partial charge in [-0.3, -0.25) is 9.36 Å². The van der Waals surface area contributed by atoms with E-state index in [4.69, 9.17) is 9.05 Å². The van der Waals surface area contributed by atoms with Crippen LogP contribution in [0.5, 0.6) is 0 Å². The molecule has 16 heavy (non-hydrogen) atoms. The van der Waals surface area contributed by atoms with Crippen LogP contribution in [0.2, 0.25) is 0 Å². The van der Waals surface area contributed by atoms with Crippen LogP contribution in [-0.2, 0) is 18.4 Å². The topological polar surface area (TPSA) is 52.6 Å². The number of hydrogen-bond acceptors (Lipinski definition) is 4. The van der Waals surface area contributed by atoms with Crippen LogP contribution in [0.25, 0.3) is 0 Å². The van der Waals surface area contributed by atoms with Crippen molar-refractivity contribution in [2.45, 2.75) is 26.7 Å². The summed E-state index contributed by atoms with van der Waals surface area (Å²) in [6.45, 7) is 3.71. The standard InChI is InChI=1S/C11H19O4P/c1-5-6-7-8-10(2)11(12)9-16(13,14-3)15-4/h10H,5,8-9H2,1-4H3. The third-order valence-corrected chi connectivity index (χ3v) is 3.98. The average Bonchev–Trinajstić information content (AvgIpc) is 2.29. The molecule has 4 nitrogen and oxygen atoms in total. The van der Waals surface area contributed by atoms with E-state index in [1.807, 2.05) is 6.92 Å². The minimum atomic E-state index is -3.23. The summed E-state index contributed by atoms with van der Waals surface area (Å²) in [7, 11) is -0.674. The van der Waals surface area contributed by atoms with Crippen molar-refractivity contribution in [2.75, 3.05) is 20.4 Å². The molecule has 0 amide bonds. The van der Waals surface area contributed by atoms with Gasteiger partial charge in [0.25, 0.3) is 0 Å². The second-order valence-electron chi connectivity index (χ2n) is 3.41. The first-order valence-corrected chi connectivity index (χ1v) is 6.90. The highest BCUT2D eigenvalue weighted by molar-refractivity contribution is 7.54. The van der Waals surface area contributed by atoms with Gasteiger partial charge in [0.1, 0.15) is 11.9 Å². The molecule has 0 aliphatic rings. The van der Waals surface area contributed by atoms with Crippen molar-refractivity contribution in [3.05, 3.63) is 0 Å². The first-order valence-electron chi connectivity index (χ1n) is 5.18. The average molecular weight is 246 g/mol. The molecule has 1 atom stereocenters. The van der Waals surface area contributed by atoms with E-state index in [0.717, 1.165) is 6.42 Å². The SMILES string of the molecule is CCC#CCC(C)C(=O)CP(=O)(OC)OC. The van der Waals surface area contributed by atoms with E-state index < -0.39 is 7.60 Å². The maximum absolute atomic E-state index is 11.7. The molecule has 0 aromatic rings. The molecule has 0 saturated carbocycles. The van der Waals surface area contributed by atoms with Gasteiger partial charge >= 0.3 is 7.60 Å². The van der Waals surface area contributed by atoms with Crippen LogP contribution in [0, 0.1) is 17.8 Å². The van der Waals surface area contributed by atoms with E-state index in [9.17, 15) is 9.36 Å². The molecule has 0 fully saturated rings. The second kappa shape index (κ2) is 7.62. The van der Waals surface area contributed by atoms with Crippen molar-refractivity contribution < 1.29 is 18.4 Å². The molecule has 5 heteroatoms. The Hall–Kier alpha value is -0.620. The Kier molecular flexibility index (Phi) is 7.33. The molecule has 0 bridgehead atoms. The second-order valence-corrected chi connectivity index (χ2v) is 5.68. The van der Waals surface area contributed by atoms with E-state index >= 15 is 0 Å². The van der Waals surface area contributed by atoms with Crippen molar-refractivity contribution in [1.82, 2.24) is 0 Å². The molecule has 0 aliphatic carbocycles. The van der Waals surface area contributed by atoms with Gasteiger partial charge in [-0.05, 0) is 0 Å². The smallest absolute Gasteiger partial charge is 0.312 e. The van der Waals surface area contributed by atoms with E-state index in [1.54, 1.807) is 6.92 Å². The van der Waals surface area contributed by atoms with Crippen molar-refractivity contribution >= 4 is 13.4 Å².